The summed E-state index contributed by atoms with van der Waals surface area (Å²) in [6.45, 7) is 1.86. The molecule has 1 N–H and O–H groups in total. The minimum atomic E-state index is -2.04. The number of hydrogen-bond acceptors (Lipinski definition) is 7. The number of hydrogen-bond donors (Lipinski definition) is 1. The van der Waals surface area contributed by atoms with E-state index in [1.54, 1.807) is 38.3 Å². The van der Waals surface area contributed by atoms with Gasteiger partial charge in [0.25, 0.3) is 5.72 Å². The van der Waals surface area contributed by atoms with E-state index in [2.05, 4.69) is 0 Å². The third kappa shape index (κ3) is 3.97. The Morgan fingerprint density at radius 1 is 1.33 bits per heavy atom. The standard InChI is InChI=1S/C19H24N2O4S2/c1-3-25-17(22)19(23)16(20-13-7-5-4-6-8-13)27-18(26)21(19)14-9-11-15(24-2)12-10-14/h9-13,23H,3-8H2,1-2H3. The summed E-state index contributed by atoms with van der Waals surface area (Å²) in [5, 5.41) is 11.8. The van der Waals surface area contributed by atoms with E-state index in [1.807, 2.05) is 0 Å². The normalized spacial score (nSPS) is 25.1. The van der Waals surface area contributed by atoms with Gasteiger partial charge in [0.2, 0.25) is 0 Å². The van der Waals surface area contributed by atoms with Crippen LogP contribution in [0.2, 0.25) is 0 Å². The molecule has 1 aliphatic carbocycles. The zero-order valence-electron chi connectivity index (χ0n) is 15.5. The van der Waals surface area contributed by atoms with E-state index >= 15 is 0 Å². The maximum absolute atomic E-state index is 12.8. The average molecular weight is 409 g/mol. The van der Waals surface area contributed by atoms with E-state index in [0.29, 0.717) is 20.8 Å². The molecule has 1 aromatic carbocycles. The molecule has 0 spiro atoms. The predicted octanol–water partition coefficient (Wildman–Crippen LogP) is 3.52. The number of carbonyl (C=O) groups is 1. The van der Waals surface area contributed by atoms with Crippen molar-refractivity contribution in [3.63, 3.8) is 0 Å². The molecular weight excluding hydrogens is 384 g/mol. The minimum absolute atomic E-state index is 0.0980. The molecule has 6 nitrogen and oxygen atoms in total. The van der Waals surface area contributed by atoms with Crippen molar-refractivity contribution in [2.75, 3.05) is 18.6 Å². The molecular formula is C19H24N2O4S2. The largest absolute Gasteiger partial charge is 0.497 e. The summed E-state index contributed by atoms with van der Waals surface area (Å²) in [6, 6.07) is 7.11. The summed E-state index contributed by atoms with van der Waals surface area (Å²) in [5.74, 6) is -0.0879. The second-order valence-corrected chi connectivity index (χ2v) is 8.14. The van der Waals surface area contributed by atoms with Gasteiger partial charge < -0.3 is 14.6 Å². The first kappa shape index (κ1) is 20.1. The molecule has 0 radical (unpaired) electrons. The van der Waals surface area contributed by atoms with Gasteiger partial charge in [-0.25, -0.2) is 4.79 Å². The lowest BCUT2D eigenvalue weighted by Crippen LogP contribution is -2.57. The van der Waals surface area contributed by atoms with Gasteiger partial charge in [-0.15, -0.1) is 0 Å². The Balaban J connectivity index is 2.00. The number of nitrogens with zero attached hydrogens (tertiary/aromatic N) is 2. The third-order valence-electron chi connectivity index (χ3n) is 4.75. The molecule has 1 aromatic rings. The molecule has 0 aromatic heterocycles. The van der Waals surface area contributed by atoms with Crippen molar-refractivity contribution >= 4 is 45.0 Å². The van der Waals surface area contributed by atoms with Crippen LogP contribution in [0.3, 0.4) is 0 Å². The van der Waals surface area contributed by atoms with Crippen molar-refractivity contribution in [1.29, 1.82) is 0 Å². The lowest BCUT2D eigenvalue weighted by Gasteiger charge is -2.32. The van der Waals surface area contributed by atoms with Gasteiger partial charge in [-0.1, -0.05) is 31.5 Å². The topological polar surface area (TPSA) is 71.4 Å². The SMILES string of the molecule is CCOC(=O)C1(O)C(=NC2CCCCC2)SC(=S)N1c1ccc(OC)cc1. The van der Waals surface area contributed by atoms with E-state index in [1.165, 1.54) is 11.3 Å². The van der Waals surface area contributed by atoms with Gasteiger partial charge in [0.05, 0.1) is 19.8 Å². The number of aliphatic imine (C=N–C) groups is 1. The molecule has 1 aliphatic heterocycles. The molecule has 1 heterocycles. The number of carbonyl (C=O) groups excluding carboxylic acids is 1. The van der Waals surface area contributed by atoms with Crippen molar-refractivity contribution in [2.24, 2.45) is 4.99 Å². The van der Waals surface area contributed by atoms with Gasteiger partial charge in [-0.05, 0) is 55.8 Å². The second-order valence-electron chi connectivity index (χ2n) is 6.52. The number of anilines is 1. The van der Waals surface area contributed by atoms with Crippen LogP contribution in [0.5, 0.6) is 5.75 Å². The Morgan fingerprint density at radius 2 is 2.00 bits per heavy atom. The number of methoxy groups -OCH3 is 1. The first-order valence-corrected chi connectivity index (χ1v) is 10.4. The fourth-order valence-electron chi connectivity index (χ4n) is 3.35. The summed E-state index contributed by atoms with van der Waals surface area (Å²) in [6.07, 6.45) is 5.33. The molecule has 27 heavy (non-hydrogen) atoms. The van der Waals surface area contributed by atoms with Gasteiger partial charge in [0.1, 0.15) is 15.1 Å². The smallest absolute Gasteiger partial charge is 0.367 e. The Morgan fingerprint density at radius 3 is 2.59 bits per heavy atom. The summed E-state index contributed by atoms with van der Waals surface area (Å²) in [4.78, 5) is 18.9. The van der Waals surface area contributed by atoms with Gasteiger partial charge in [0, 0.05) is 5.69 Å². The van der Waals surface area contributed by atoms with Gasteiger partial charge in [-0.3, -0.25) is 9.89 Å². The van der Waals surface area contributed by atoms with Crippen molar-refractivity contribution in [3.05, 3.63) is 24.3 Å². The highest BCUT2D eigenvalue weighted by Crippen LogP contribution is 2.40. The Kier molecular flexibility index (Phi) is 6.39. The fourth-order valence-corrected chi connectivity index (χ4v) is 4.84. The first-order chi connectivity index (χ1) is 13.0. The highest BCUT2D eigenvalue weighted by atomic mass is 32.2. The molecule has 2 fully saturated rings. The van der Waals surface area contributed by atoms with Crippen LogP contribution in [0.15, 0.2) is 29.3 Å². The minimum Gasteiger partial charge on any atom is -0.497 e. The Bertz CT molecular complexity index is 732. The van der Waals surface area contributed by atoms with Crippen LogP contribution in [0.25, 0.3) is 0 Å². The van der Waals surface area contributed by atoms with Crippen LogP contribution in [-0.4, -0.2) is 45.9 Å². The molecule has 8 heteroatoms. The van der Waals surface area contributed by atoms with Crippen LogP contribution in [0.1, 0.15) is 39.0 Å². The summed E-state index contributed by atoms with van der Waals surface area (Å²) >= 11 is 6.65. The number of rotatable bonds is 5. The highest BCUT2D eigenvalue weighted by molar-refractivity contribution is 8.34. The molecule has 2 aliphatic rings. The number of thioether (sulfide) groups is 1. The summed E-state index contributed by atoms with van der Waals surface area (Å²) in [7, 11) is 1.58. The van der Waals surface area contributed by atoms with Crippen molar-refractivity contribution in [2.45, 2.75) is 50.8 Å². The number of aliphatic hydroxyl groups is 1. The van der Waals surface area contributed by atoms with Crippen LogP contribution in [0, 0.1) is 0 Å². The molecule has 1 atom stereocenters. The monoisotopic (exact) mass is 408 g/mol. The number of esters is 1. The van der Waals surface area contributed by atoms with Crippen molar-refractivity contribution in [1.82, 2.24) is 0 Å². The molecule has 1 unspecified atom stereocenters. The van der Waals surface area contributed by atoms with Crippen LogP contribution < -0.4 is 9.64 Å². The number of thiocarbonyl (C=S) groups is 1. The van der Waals surface area contributed by atoms with Gasteiger partial charge in [0.15, 0.2) is 0 Å². The van der Waals surface area contributed by atoms with Crippen LogP contribution in [0.4, 0.5) is 5.69 Å². The molecule has 0 amide bonds. The molecule has 146 valence electrons. The van der Waals surface area contributed by atoms with E-state index in [4.69, 9.17) is 26.7 Å². The fraction of sp³-hybridized carbons (Fsp3) is 0.526. The van der Waals surface area contributed by atoms with E-state index in [9.17, 15) is 9.90 Å². The Labute approximate surface area is 168 Å². The van der Waals surface area contributed by atoms with Gasteiger partial charge >= 0.3 is 5.97 Å². The quantitative estimate of drug-likeness (QED) is 0.590. The van der Waals surface area contributed by atoms with E-state index < -0.39 is 11.7 Å². The zero-order chi connectivity index (χ0) is 19.4. The second kappa shape index (κ2) is 8.58. The van der Waals surface area contributed by atoms with Crippen molar-refractivity contribution < 1.29 is 19.4 Å². The molecule has 1 saturated heterocycles. The van der Waals surface area contributed by atoms with Crippen LogP contribution in [-0.2, 0) is 9.53 Å². The van der Waals surface area contributed by atoms with E-state index in [-0.39, 0.29) is 12.6 Å². The highest BCUT2D eigenvalue weighted by Gasteiger charge is 2.57. The zero-order valence-corrected chi connectivity index (χ0v) is 17.1. The number of benzene rings is 1. The lowest BCUT2D eigenvalue weighted by atomic mass is 9.96. The van der Waals surface area contributed by atoms with Gasteiger partial charge in [-0.2, -0.15) is 0 Å². The van der Waals surface area contributed by atoms with E-state index in [0.717, 1.165) is 37.4 Å². The first-order valence-electron chi connectivity index (χ1n) is 9.14. The maximum atomic E-state index is 12.8. The molecule has 0 bridgehead atoms. The summed E-state index contributed by atoms with van der Waals surface area (Å²) < 4.78 is 10.7. The average Bonchev–Trinajstić information content (AvgIpc) is 2.94. The van der Waals surface area contributed by atoms with Crippen LogP contribution >= 0.6 is 24.0 Å². The third-order valence-corrected chi connectivity index (χ3v) is 6.13. The van der Waals surface area contributed by atoms with Crippen molar-refractivity contribution in [3.8, 4) is 5.75 Å². The Hall–Kier alpha value is -1.64. The number of ether oxygens (including phenoxy) is 2. The summed E-state index contributed by atoms with van der Waals surface area (Å²) in [5.41, 5.74) is -1.46. The maximum Gasteiger partial charge on any atom is 0.367 e. The lowest BCUT2D eigenvalue weighted by molar-refractivity contribution is -0.156. The predicted molar refractivity (Wildman–Crippen MR) is 112 cm³/mol. The molecule has 3 rings (SSSR count). The molecule has 1 saturated carbocycles.